The Balaban J connectivity index is 1.92. The first-order chi connectivity index (χ1) is 8.70. The van der Waals surface area contributed by atoms with Crippen molar-refractivity contribution in [3.8, 4) is 11.8 Å². The Bertz CT molecular complexity index is 490. The van der Waals surface area contributed by atoms with Gasteiger partial charge in [-0.2, -0.15) is 5.26 Å². The highest BCUT2D eigenvalue weighted by Crippen LogP contribution is 2.22. The molecule has 1 saturated heterocycles. The number of carbonyl (C=O) groups is 1. The molecule has 0 aliphatic carbocycles. The van der Waals surface area contributed by atoms with E-state index in [2.05, 4.69) is 0 Å². The summed E-state index contributed by atoms with van der Waals surface area (Å²) in [6, 6.07) is 6.74. The van der Waals surface area contributed by atoms with Gasteiger partial charge in [-0.1, -0.05) is 11.6 Å². The first-order valence-electron chi connectivity index (χ1n) is 5.81. The summed E-state index contributed by atoms with van der Waals surface area (Å²) >= 11 is 5.87. The third kappa shape index (κ3) is 2.93. The minimum Gasteiger partial charge on any atom is -0.484 e. The zero-order valence-electron chi connectivity index (χ0n) is 9.86. The Morgan fingerprint density at radius 3 is 2.78 bits per heavy atom. The van der Waals surface area contributed by atoms with Gasteiger partial charge in [-0.25, -0.2) is 0 Å². The molecule has 0 spiro atoms. The van der Waals surface area contributed by atoms with Gasteiger partial charge in [0.25, 0.3) is 5.91 Å². The molecule has 1 aromatic rings. The molecule has 4 nitrogen and oxygen atoms in total. The van der Waals surface area contributed by atoms with Crippen LogP contribution in [-0.4, -0.2) is 30.5 Å². The molecule has 1 heterocycles. The van der Waals surface area contributed by atoms with E-state index in [0.717, 1.165) is 25.9 Å². The molecule has 1 aromatic carbocycles. The highest BCUT2D eigenvalue weighted by Gasteiger charge is 2.18. The van der Waals surface area contributed by atoms with Crippen molar-refractivity contribution >= 4 is 17.5 Å². The average molecular weight is 265 g/mol. The second-order valence-corrected chi connectivity index (χ2v) is 4.54. The van der Waals surface area contributed by atoms with Crippen LogP contribution in [0.25, 0.3) is 0 Å². The predicted molar refractivity (Wildman–Crippen MR) is 67.5 cm³/mol. The monoisotopic (exact) mass is 264 g/mol. The Morgan fingerprint density at radius 2 is 2.17 bits per heavy atom. The molecule has 1 aliphatic heterocycles. The summed E-state index contributed by atoms with van der Waals surface area (Å²) in [6.45, 7) is 1.65. The number of nitriles is 1. The number of nitrogens with zero attached hydrogens (tertiary/aromatic N) is 2. The second-order valence-electron chi connectivity index (χ2n) is 4.13. The van der Waals surface area contributed by atoms with Crippen LogP contribution in [0, 0.1) is 11.3 Å². The van der Waals surface area contributed by atoms with Gasteiger partial charge in [-0.05, 0) is 25.0 Å². The van der Waals surface area contributed by atoms with E-state index in [0.29, 0.717) is 16.3 Å². The first kappa shape index (κ1) is 12.7. The van der Waals surface area contributed by atoms with E-state index >= 15 is 0 Å². The van der Waals surface area contributed by atoms with E-state index in [-0.39, 0.29) is 12.5 Å². The van der Waals surface area contributed by atoms with Crippen LogP contribution in [0.15, 0.2) is 18.2 Å². The third-order valence-corrected chi connectivity index (χ3v) is 3.19. The quantitative estimate of drug-likeness (QED) is 0.841. The molecule has 1 fully saturated rings. The van der Waals surface area contributed by atoms with Gasteiger partial charge in [0.05, 0.1) is 10.6 Å². The van der Waals surface area contributed by atoms with Crippen molar-refractivity contribution in [2.45, 2.75) is 12.8 Å². The molecule has 0 atom stereocenters. The SMILES string of the molecule is N#Cc1ccc(OCC(=O)N2CCCC2)cc1Cl. The zero-order chi connectivity index (χ0) is 13.0. The van der Waals surface area contributed by atoms with Crippen molar-refractivity contribution in [3.63, 3.8) is 0 Å². The molecular weight excluding hydrogens is 252 g/mol. The third-order valence-electron chi connectivity index (χ3n) is 2.88. The summed E-state index contributed by atoms with van der Waals surface area (Å²) in [7, 11) is 0. The summed E-state index contributed by atoms with van der Waals surface area (Å²) in [5, 5.41) is 9.07. The van der Waals surface area contributed by atoms with Gasteiger partial charge in [0.2, 0.25) is 0 Å². The number of halogens is 1. The predicted octanol–water partition coefficient (Wildman–Crippen LogP) is 2.21. The average Bonchev–Trinajstić information content (AvgIpc) is 2.90. The molecule has 0 radical (unpaired) electrons. The Labute approximate surface area is 111 Å². The fraction of sp³-hybridized carbons (Fsp3) is 0.385. The van der Waals surface area contributed by atoms with Gasteiger partial charge < -0.3 is 9.64 Å². The summed E-state index contributed by atoms with van der Waals surface area (Å²) in [6.07, 6.45) is 2.13. The molecule has 5 heteroatoms. The van der Waals surface area contributed by atoms with Crippen LogP contribution in [0.3, 0.4) is 0 Å². The van der Waals surface area contributed by atoms with Gasteiger partial charge in [0, 0.05) is 19.2 Å². The van der Waals surface area contributed by atoms with Crippen molar-refractivity contribution in [2.75, 3.05) is 19.7 Å². The van der Waals surface area contributed by atoms with E-state index in [1.165, 1.54) is 0 Å². The van der Waals surface area contributed by atoms with Crippen molar-refractivity contribution in [1.29, 1.82) is 5.26 Å². The van der Waals surface area contributed by atoms with Crippen LogP contribution in [-0.2, 0) is 4.79 Å². The lowest BCUT2D eigenvalue weighted by Crippen LogP contribution is -2.32. The van der Waals surface area contributed by atoms with Gasteiger partial charge >= 0.3 is 0 Å². The Kier molecular flexibility index (Phi) is 4.06. The van der Waals surface area contributed by atoms with Crippen LogP contribution in [0.1, 0.15) is 18.4 Å². The summed E-state index contributed by atoms with van der Waals surface area (Å²) in [5.41, 5.74) is 0.398. The molecule has 0 saturated carbocycles. The second kappa shape index (κ2) is 5.74. The minimum atomic E-state index is -0.00650. The Morgan fingerprint density at radius 1 is 1.44 bits per heavy atom. The molecule has 1 amide bonds. The maximum absolute atomic E-state index is 11.7. The highest BCUT2D eigenvalue weighted by atomic mass is 35.5. The topological polar surface area (TPSA) is 53.3 Å². The number of amides is 1. The zero-order valence-corrected chi connectivity index (χ0v) is 10.6. The summed E-state index contributed by atoms with van der Waals surface area (Å²) in [4.78, 5) is 13.5. The fourth-order valence-electron chi connectivity index (χ4n) is 1.88. The molecule has 1 aliphatic rings. The molecule has 18 heavy (non-hydrogen) atoms. The number of hydrogen-bond acceptors (Lipinski definition) is 3. The van der Waals surface area contributed by atoms with E-state index in [1.807, 2.05) is 6.07 Å². The molecule has 0 N–H and O–H groups in total. The first-order valence-corrected chi connectivity index (χ1v) is 6.19. The summed E-state index contributed by atoms with van der Waals surface area (Å²) in [5.74, 6) is 0.500. The number of hydrogen-bond donors (Lipinski definition) is 0. The normalized spacial score (nSPS) is 14.3. The molecule has 94 valence electrons. The van der Waals surface area contributed by atoms with Crippen LogP contribution in [0.5, 0.6) is 5.75 Å². The van der Waals surface area contributed by atoms with Crippen molar-refractivity contribution in [1.82, 2.24) is 4.90 Å². The molecule has 0 unspecified atom stereocenters. The van der Waals surface area contributed by atoms with Crippen molar-refractivity contribution in [2.24, 2.45) is 0 Å². The van der Waals surface area contributed by atoms with E-state index < -0.39 is 0 Å². The maximum atomic E-state index is 11.7. The molecular formula is C13H13ClN2O2. The highest BCUT2D eigenvalue weighted by molar-refractivity contribution is 6.31. The van der Waals surface area contributed by atoms with Crippen LogP contribution in [0.4, 0.5) is 0 Å². The summed E-state index contributed by atoms with van der Waals surface area (Å²) < 4.78 is 5.38. The lowest BCUT2D eigenvalue weighted by atomic mass is 10.2. The maximum Gasteiger partial charge on any atom is 0.260 e. The minimum absolute atomic E-state index is 0.00650. The van der Waals surface area contributed by atoms with E-state index in [9.17, 15) is 4.79 Å². The largest absolute Gasteiger partial charge is 0.484 e. The molecule has 0 aromatic heterocycles. The smallest absolute Gasteiger partial charge is 0.260 e. The number of rotatable bonds is 3. The van der Waals surface area contributed by atoms with Crippen LogP contribution >= 0.6 is 11.6 Å². The van der Waals surface area contributed by atoms with Gasteiger partial charge in [-0.15, -0.1) is 0 Å². The number of benzene rings is 1. The van der Waals surface area contributed by atoms with Crippen molar-refractivity contribution in [3.05, 3.63) is 28.8 Å². The van der Waals surface area contributed by atoms with Gasteiger partial charge in [-0.3, -0.25) is 4.79 Å². The van der Waals surface area contributed by atoms with Crippen molar-refractivity contribution < 1.29 is 9.53 Å². The lowest BCUT2D eigenvalue weighted by molar-refractivity contribution is -0.132. The van der Waals surface area contributed by atoms with Crippen LogP contribution < -0.4 is 4.74 Å². The molecule has 2 rings (SSSR count). The number of ether oxygens (including phenoxy) is 1. The van der Waals surface area contributed by atoms with E-state index in [4.69, 9.17) is 21.6 Å². The van der Waals surface area contributed by atoms with E-state index in [1.54, 1.807) is 23.1 Å². The molecule has 0 bridgehead atoms. The standard InChI is InChI=1S/C13H13ClN2O2/c14-12-7-11(4-3-10(12)8-15)18-9-13(17)16-5-1-2-6-16/h3-4,7H,1-2,5-6,9H2. The number of likely N-dealkylation sites (tertiary alicyclic amines) is 1. The Hall–Kier alpha value is -1.73. The van der Waals surface area contributed by atoms with Gasteiger partial charge in [0.1, 0.15) is 11.8 Å². The lowest BCUT2D eigenvalue weighted by Gasteiger charge is -2.15. The number of carbonyl (C=O) groups excluding carboxylic acids is 1. The van der Waals surface area contributed by atoms with Crippen LogP contribution in [0.2, 0.25) is 5.02 Å². The van der Waals surface area contributed by atoms with Gasteiger partial charge in [0.15, 0.2) is 6.61 Å². The fourth-order valence-corrected chi connectivity index (χ4v) is 2.09.